The Balaban J connectivity index is 1.93. The predicted octanol–water partition coefficient (Wildman–Crippen LogP) is 3.23. The lowest BCUT2D eigenvalue weighted by Gasteiger charge is -2.32. The zero-order chi connectivity index (χ0) is 13.9. The van der Waals surface area contributed by atoms with Crippen molar-refractivity contribution in [1.82, 2.24) is 10.3 Å². The van der Waals surface area contributed by atoms with Crippen LogP contribution in [-0.4, -0.2) is 25.2 Å². The van der Waals surface area contributed by atoms with E-state index >= 15 is 0 Å². The minimum atomic E-state index is 0.210. The van der Waals surface area contributed by atoms with Gasteiger partial charge in [-0.2, -0.15) is 0 Å². The normalized spacial score (nSPS) is 23.1. The van der Waals surface area contributed by atoms with Crippen molar-refractivity contribution in [1.29, 1.82) is 0 Å². The van der Waals surface area contributed by atoms with Crippen molar-refractivity contribution in [2.45, 2.75) is 25.9 Å². The van der Waals surface area contributed by atoms with Crippen LogP contribution in [0.2, 0.25) is 0 Å². The van der Waals surface area contributed by atoms with Gasteiger partial charge < -0.3 is 10.1 Å². The van der Waals surface area contributed by atoms with E-state index in [-0.39, 0.29) is 6.10 Å². The van der Waals surface area contributed by atoms with Crippen molar-refractivity contribution < 1.29 is 4.74 Å². The third-order valence-corrected chi connectivity index (χ3v) is 4.09. The number of ether oxygens (including phenoxy) is 1. The van der Waals surface area contributed by atoms with E-state index in [1.165, 1.54) is 17.4 Å². The van der Waals surface area contributed by atoms with E-state index in [0.717, 1.165) is 30.8 Å². The summed E-state index contributed by atoms with van der Waals surface area (Å²) in [5.74, 6) is 0.560. The zero-order valence-corrected chi connectivity index (χ0v) is 12.2. The van der Waals surface area contributed by atoms with Crippen LogP contribution >= 0.6 is 0 Å². The van der Waals surface area contributed by atoms with Crippen LogP contribution in [0.5, 0.6) is 0 Å². The highest BCUT2D eigenvalue weighted by molar-refractivity contribution is 5.79. The van der Waals surface area contributed by atoms with Crippen molar-refractivity contribution in [2.24, 2.45) is 5.92 Å². The first-order valence-corrected chi connectivity index (χ1v) is 7.41. The van der Waals surface area contributed by atoms with Crippen LogP contribution in [0.1, 0.15) is 30.2 Å². The Labute approximate surface area is 120 Å². The van der Waals surface area contributed by atoms with Gasteiger partial charge in [-0.05, 0) is 50.6 Å². The van der Waals surface area contributed by atoms with E-state index in [4.69, 9.17) is 4.74 Å². The molecule has 1 aromatic carbocycles. The van der Waals surface area contributed by atoms with Gasteiger partial charge >= 0.3 is 0 Å². The third-order valence-electron chi connectivity index (χ3n) is 4.09. The van der Waals surface area contributed by atoms with E-state index in [2.05, 4.69) is 40.6 Å². The van der Waals surface area contributed by atoms with Gasteiger partial charge in [0.15, 0.2) is 0 Å². The molecule has 3 heteroatoms. The number of benzene rings is 1. The molecule has 1 aliphatic heterocycles. The molecule has 0 bridgehead atoms. The number of aryl methyl sites for hydroxylation is 1. The molecule has 2 heterocycles. The Morgan fingerprint density at radius 2 is 2.20 bits per heavy atom. The first-order valence-electron chi connectivity index (χ1n) is 7.41. The quantitative estimate of drug-likeness (QED) is 0.929. The SMILES string of the molecule is CNCC1CCCOC1c1ccc2nc(C)ccc2c1. The Kier molecular flexibility index (Phi) is 3.99. The van der Waals surface area contributed by atoms with Crippen molar-refractivity contribution in [2.75, 3.05) is 20.2 Å². The lowest BCUT2D eigenvalue weighted by atomic mass is 9.89. The Hall–Kier alpha value is -1.45. The summed E-state index contributed by atoms with van der Waals surface area (Å²) >= 11 is 0. The van der Waals surface area contributed by atoms with Gasteiger partial charge in [-0.1, -0.05) is 12.1 Å². The molecule has 2 unspecified atom stereocenters. The number of hydrogen-bond donors (Lipinski definition) is 1. The summed E-state index contributed by atoms with van der Waals surface area (Å²) in [5.41, 5.74) is 3.41. The second-order valence-electron chi connectivity index (χ2n) is 5.66. The lowest BCUT2D eigenvalue weighted by Crippen LogP contribution is -2.30. The van der Waals surface area contributed by atoms with Gasteiger partial charge in [-0.15, -0.1) is 0 Å². The Bertz CT molecular complexity index is 595. The summed E-state index contributed by atoms with van der Waals surface area (Å²) in [6.45, 7) is 3.91. The molecule has 1 aliphatic rings. The molecule has 0 radical (unpaired) electrons. The van der Waals surface area contributed by atoms with E-state index in [0.29, 0.717) is 5.92 Å². The number of nitrogens with zero attached hydrogens (tertiary/aromatic N) is 1. The topological polar surface area (TPSA) is 34.1 Å². The standard InChI is InChI=1S/C17H22N2O/c1-12-5-6-13-10-14(7-8-16(13)19-12)17-15(11-18-2)4-3-9-20-17/h5-8,10,15,17-18H,3-4,9,11H2,1-2H3. The van der Waals surface area contributed by atoms with Crippen molar-refractivity contribution in [3.63, 3.8) is 0 Å². The maximum Gasteiger partial charge on any atom is 0.0865 e. The second-order valence-corrected chi connectivity index (χ2v) is 5.66. The van der Waals surface area contributed by atoms with Crippen LogP contribution in [0.25, 0.3) is 10.9 Å². The molecule has 2 aromatic rings. The number of nitrogens with one attached hydrogen (secondary N) is 1. The molecule has 20 heavy (non-hydrogen) atoms. The van der Waals surface area contributed by atoms with Crippen molar-refractivity contribution in [3.05, 3.63) is 41.6 Å². The van der Waals surface area contributed by atoms with Crippen LogP contribution in [0.3, 0.4) is 0 Å². The van der Waals surface area contributed by atoms with Gasteiger partial charge in [0.05, 0.1) is 11.6 Å². The van der Waals surface area contributed by atoms with Gasteiger partial charge in [0.25, 0.3) is 0 Å². The lowest BCUT2D eigenvalue weighted by molar-refractivity contribution is -0.0271. The molecule has 0 amide bonds. The molecule has 0 saturated carbocycles. The molecule has 0 spiro atoms. The summed E-state index contributed by atoms with van der Waals surface area (Å²) in [7, 11) is 2.01. The summed E-state index contributed by atoms with van der Waals surface area (Å²) in [6.07, 6.45) is 2.61. The Morgan fingerprint density at radius 3 is 3.05 bits per heavy atom. The van der Waals surface area contributed by atoms with Crippen LogP contribution in [0.15, 0.2) is 30.3 Å². The molecule has 1 fully saturated rings. The van der Waals surface area contributed by atoms with Gasteiger partial charge in [0.2, 0.25) is 0 Å². The highest BCUT2D eigenvalue weighted by Gasteiger charge is 2.26. The van der Waals surface area contributed by atoms with E-state index in [9.17, 15) is 0 Å². The highest BCUT2D eigenvalue weighted by Crippen LogP contribution is 2.34. The maximum absolute atomic E-state index is 6.04. The monoisotopic (exact) mass is 270 g/mol. The number of pyridine rings is 1. The molecular formula is C17H22N2O. The number of rotatable bonds is 3. The average Bonchev–Trinajstić information content (AvgIpc) is 2.48. The Morgan fingerprint density at radius 1 is 1.30 bits per heavy atom. The maximum atomic E-state index is 6.04. The average molecular weight is 270 g/mol. The molecular weight excluding hydrogens is 248 g/mol. The molecule has 106 valence electrons. The number of fused-ring (bicyclic) bond motifs is 1. The molecule has 3 nitrogen and oxygen atoms in total. The molecule has 1 saturated heterocycles. The van der Waals surface area contributed by atoms with Crippen LogP contribution < -0.4 is 5.32 Å². The van der Waals surface area contributed by atoms with Gasteiger partial charge in [0.1, 0.15) is 0 Å². The van der Waals surface area contributed by atoms with Gasteiger partial charge in [-0.3, -0.25) is 4.98 Å². The largest absolute Gasteiger partial charge is 0.373 e. The zero-order valence-electron chi connectivity index (χ0n) is 12.2. The summed E-state index contributed by atoms with van der Waals surface area (Å²) < 4.78 is 6.04. The second kappa shape index (κ2) is 5.90. The van der Waals surface area contributed by atoms with Crippen LogP contribution in [-0.2, 0) is 4.74 Å². The van der Waals surface area contributed by atoms with Gasteiger partial charge in [-0.25, -0.2) is 0 Å². The summed E-state index contributed by atoms with van der Waals surface area (Å²) in [4.78, 5) is 4.56. The van der Waals surface area contributed by atoms with Crippen LogP contribution in [0, 0.1) is 12.8 Å². The first kappa shape index (κ1) is 13.5. The minimum Gasteiger partial charge on any atom is -0.373 e. The number of hydrogen-bond acceptors (Lipinski definition) is 3. The first-order chi connectivity index (χ1) is 9.78. The highest BCUT2D eigenvalue weighted by atomic mass is 16.5. The predicted molar refractivity (Wildman–Crippen MR) is 81.8 cm³/mol. The van der Waals surface area contributed by atoms with E-state index in [1.54, 1.807) is 0 Å². The molecule has 2 atom stereocenters. The molecule has 1 N–H and O–H groups in total. The molecule has 1 aromatic heterocycles. The summed E-state index contributed by atoms with van der Waals surface area (Å²) in [5, 5.41) is 4.49. The van der Waals surface area contributed by atoms with E-state index in [1.807, 2.05) is 14.0 Å². The van der Waals surface area contributed by atoms with Crippen LogP contribution in [0.4, 0.5) is 0 Å². The third kappa shape index (κ3) is 2.69. The fourth-order valence-corrected chi connectivity index (χ4v) is 3.11. The summed E-state index contributed by atoms with van der Waals surface area (Å²) in [6, 6.07) is 10.7. The molecule has 3 rings (SSSR count). The van der Waals surface area contributed by atoms with E-state index < -0.39 is 0 Å². The van der Waals surface area contributed by atoms with Crippen molar-refractivity contribution >= 4 is 10.9 Å². The molecule has 0 aliphatic carbocycles. The smallest absolute Gasteiger partial charge is 0.0865 e. The number of aromatic nitrogens is 1. The van der Waals surface area contributed by atoms with Crippen molar-refractivity contribution in [3.8, 4) is 0 Å². The van der Waals surface area contributed by atoms with Gasteiger partial charge in [0, 0.05) is 30.1 Å². The fourth-order valence-electron chi connectivity index (χ4n) is 3.11. The minimum absolute atomic E-state index is 0.210. The fraction of sp³-hybridized carbons (Fsp3) is 0.471.